The standard InChI is InChI=1S/C16H25ClN2O/c1-4-13(18)10-19-11-16(5-2,6-3)20-15-8-7-12(17)9-14(15)19/h7-9,13H,4-6,10-11,18H2,1-3H3. The highest BCUT2D eigenvalue weighted by Gasteiger charge is 2.37. The quantitative estimate of drug-likeness (QED) is 0.897. The van der Waals surface area contributed by atoms with Crippen LogP contribution in [0.1, 0.15) is 40.0 Å². The Bertz CT molecular complexity index is 460. The van der Waals surface area contributed by atoms with Gasteiger partial charge >= 0.3 is 0 Å². The Morgan fingerprint density at radius 2 is 2.05 bits per heavy atom. The minimum Gasteiger partial charge on any atom is -0.483 e. The van der Waals surface area contributed by atoms with Crippen molar-refractivity contribution in [3.8, 4) is 5.75 Å². The van der Waals surface area contributed by atoms with Gasteiger partial charge in [0.2, 0.25) is 0 Å². The summed E-state index contributed by atoms with van der Waals surface area (Å²) in [6.07, 6.45) is 2.95. The minimum atomic E-state index is -0.117. The van der Waals surface area contributed by atoms with Crippen LogP contribution in [0, 0.1) is 0 Å². The van der Waals surface area contributed by atoms with E-state index in [1.807, 2.05) is 18.2 Å². The van der Waals surface area contributed by atoms with Crippen LogP contribution in [0.15, 0.2) is 18.2 Å². The Kier molecular flexibility index (Phi) is 4.82. The van der Waals surface area contributed by atoms with Gasteiger partial charge in [0.1, 0.15) is 11.4 Å². The van der Waals surface area contributed by atoms with Crippen LogP contribution >= 0.6 is 11.6 Å². The zero-order chi connectivity index (χ0) is 14.8. The lowest BCUT2D eigenvalue weighted by Gasteiger charge is -2.45. The fourth-order valence-electron chi connectivity index (χ4n) is 2.72. The van der Waals surface area contributed by atoms with Crippen molar-refractivity contribution in [1.29, 1.82) is 0 Å². The first-order valence-corrected chi connectivity index (χ1v) is 7.90. The Labute approximate surface area is 127 Å². The topological polar surface area (TPSA) is 38.5 Å². The molecule has 0 radical (unpaired) electrons. The van der Waals surface area contributed by atoms with Crippen molar-refractivity contribution in [1.82, 2.24) is 0 Å². The number of benzene rings is 1. The van der Waals surface area contributed by atoms with Crippen LogP contribution in [0.2, 0.25) is 5.02 Å². The van der Waals surface area contributed by atoms with Crippen molar-refractivity contribution in [3.05, 3.63) is 23.2 Å². The number of hydrogen-bond donors (Lipinski definition) is 1. The number of nitrogens with two attached hydrogens (primary N) is 1. The first-order valence-electron chi connectivity index (χ1n) is 7.52. The molecule has 0 saturated carbocycles. The number of rotatable bonds is 5. The summed E-state index contributed by atoms with van der Waals surface area (Å²) in [6, 6.07) is 6.02. The van der Waals surface area contributed by atoms with Gasteiger partial charge in [0, 0.05) is 17.6 Å². The zero-order valence-corrected chi connectivity index (χ0v) is 13.4. The molecule has 2 N–H and O–H groups in total. The van der Waals surface area contributed by atoms with Gasteiger partial charge in [0.05, 0.1) is 12.2 Å². The summed E-state index contributed by atoms with van der Waals surface area (Å²) in [7, 11) is 0. The fraction of sp³-hybridized carbons (Fsp3) is 0.625. The molecule has 1 aromatic carbocycles. The van der Waals surface area contributed by atoms with Crippen molar-refractivity contribution in [2.24, 2.45) is 5.73 Å². The molecule has 0 amide bonds. The van der Waals surface area contributed by atoms with Gasteiger partial charge in [-0.2, -0.15) is 0 Å². The lowest BCUT2D eigenvalue weighted by molar-refractivity contribution is 0.0571. The summed E-state index contributed by atoms with van der Waals surface area (Å²) < 4.78 is 6.28. The van der Waals surface area contributed by atoms with Gasteiger partial charge in [-0.15, -0.1) is 0 Å². The highest BCUT2D eigenvalue weighted by Crippen LogP contribution is 2.41. The second-order valence-electron chi connectivity index (χ2n) is 5.65. The second kappa shape index (κ2) is 6.23. The largest absolute Gasteiger partial charge is 0.483 e. The predicted octanol–water partition coefficient (Wildman–Crippen LogP) is 3.83. The first kappa shape index (κ1) is 15.5. The molecular formula is C16H25ClN2O. The third-order valence-electron chi connectivity index (χ3n) is 4.34. The van der Waals surface area contributed by atoms with E-state index in [0.29, 0.717) is 0 Å². The predicted molar refractivity (Wildman–Crippen MR) is 85.9 cm³/mol. The molecule has 1 aliphatic heterocycles. The highest BCUT2D eigenvalue weighted by molar-refractivity contribution is 6.30. The first-order chi connectivity index (χ1) is 9.53. The van der Waals surface area contributed by atoms with Crippen molar-refractivity contribution < 1.29 is 4.74 Å². The molecule has 1 atom stereocenters. The Morgan fingerprint density at radius 1 is 1.35 bits per heavy atom. The number of nitrogens with zero attached hydrogens (tertiary/aromatic N) is 1. The number of anilines is 1. The summed E-state index contributed by atoms with van der Waals surface area (Å²) in [5, 5.41) is 0.739. The molecule has 1 aliphatic rings. The molecule has 0 bridgehead atoms. The van der Waals surface area contributed by atoms with E-state index in [9.17, 15) is 0 Å². The average Bonchev–Trinajstić information content (AvgIpc) is 2.47. The number of ether oxygens (including phenoxy) is 1. The summed E-state index contributed by atoms with van der Waals surface area (Å²) in [5.41, 5.74) is 7.11. The summed E-state index contributed by atoms with van der Waals surface area (Å²) in [5.74, 6) is 0.924. The lowest BCUT2D eigenvalue weighted by Crippen LogP contribution is -2.53. The Morgan fingerprint density at radius 3 is 2.65 bits per heavy atom. The molecule has 0 aromatic heterocycles. The highest BCUT2D eigenvalue weighted by atomic mass is 35.5. The van der Waals surface area contributed by atoms with E-state index >= 15 is 0 Å². The normalized spacial score (nSPS) is 18.4. The molecule has 2 rings (SSSR count). The second-order valence-corrected chi connectivity index (χ2v) is 6.09. The molecule has 0 saturated heterocycles. The van der Waals surface area contributed by atoms with Crippen molar-refractivity contribution in [3.63, 3.8) is 0 Å². The lowest BCUT2D eigenvalue weighted by atomic mass is 9.93. The van der Waals surface area contributed by atoms with E-state index in [4.69, 9.17) is 22.1 Å². The summed E-state index contributed by atoms with van der Waals surface area (Å²) in [6.45, 7) is 8.21. The number of fused-ring (bicyclic) bond motifs is 1. The molecule has 0 aliphatic carbocycles. The van der Waals surface area contributed by atoms with Crippen molar-refractivity contribution in [2.75, 3.05) is 18.0 Å². The van der Waals surface area contributed by atoms with Crippen LogP contribution in [-0.4, -0.2) is 24.7 Å². The molecular weight excluding hydrogens is 272 g/mol. The van der Waals surface area contributed by atoms with Gasteiger partial charge in [-0.25, -0.2) is 0 Å². The maximum atomic E-state index is 6.28. The minimum absolute atomic E-state index is 0.117. The van der Waals surface area contributed by atoms with E-state index in [2.05, 4.69) is 25.7 Å². The Balaban J connectivity index is 2.36. The number of halogens is 1. The van der Waals surface area contributed by atoms with Crippen molar-refractivity contribution >= 4 is 17.3 Å². The molecule has 0 spiro atoms. The van der Waals surface area contributed by atoms with E-state index in [0.717, 1.165) is 48.8 Å². The van der Waals surface area contributed by atoms with E-state index in [1.165, 1.54) is 0 Å². The van der Waals surface area contributed by atoms with Crippen molar-refractivity contribution in [2.45, 2.75) is 51.7 Å². The summed E-state index contributed by atoms with van der Waals surface area (Å²) in [4.78, 5) is 2.34. The van der Waals surface area contributed by atoms with Crippen LogP contribution in [-0.2, 0) is 0 Å². The fourth-order valence-corrected chi connectivity index (χ4v) is 2.88. The molecule has 3 nitrogen and oxygen atoms in total. The molecule has 1 heterocycles. The SMILES string of the molecule is CCC(N)CN1CC(CC)(CC)Oc2ccc(Cl)cc21. The molecule has 1 aromatic rings. The van der Waals surface area contributed by atoms with E-state index < -0.39 is 0 Å². The van der Waals surface area contributed by atoms with Crippen LogP contribution < -0.4 is 15.4 Å². The molecule has 4 heteroatoms. The monoisotopic (exact) mass is 296 g/mol. The maximum absolute atomic E-state index is 6.28. The third-order valence-corrected chi connectivity index (χ3v) is 4.57. The van der Waals surface area contributed by atoms with Crippen LogP contribution in [0.25, 0.3) is 0 Å². The summed E-state index contributed by atoms with van der Waals surface area (Å²) >= 11 is 6.14. The zero-order valence-electron chi connectivity index (χ0n) is 12.7. The molecule has 1 unspecified atom stereocenters. The average molecular weight is 297 g/mol. The Hall–Kier alpha value is -0.930. The smallest absolute Gasteiger partial charge is 0.143 e. The van der Waals surface area contributed by atoms with Gasteiger partial charge < -0.3 is 15.4 Å². The van der Waals surface area contributed by atoms with E-state index in [1.54, 1.807) is 0 Å². The molecule has 112 valence electrons. The van der Waals surface area contributed by atoms with Crippen LogP contribution in [0.5, 0.6) is 5.75 Å². The van der Waals surface area contributed by atoms with Gasteiger partial charge in [-0.1, -0.05) is 32.4 Å². The van der Waals surface area contributed by atoms with Crippen LogP contribution in [0.3, 0.4) is 0 Å². The molecule has 0 fully saturated rings. The van der Waals surface area contributed by atoms with Gasteiger partial charge in [-0.05, 0) is 37.5 Å². The van der Waals surface area contributed by atoms with Gasteiger partial charge in [0.25, 0.3) is 0 Å². The van der Waals surface area contributed by atoms with Crippen LogP contribution in [0.4, 0.5) is 5.69 Å². The number of hydrogen-bond acceptors (Lipinski definition) is 3. The van der Waals surface area contributed by atoms with Gasteiger partial charge in [-0.3, -0.25) is 0 Å². The molecule has 20 heavy (non-hydrogen) atoms. The third kappa shape index (κ3) is 3.04. The maximum Gasteiger partial charge on any atom is 0.143 e. The van der Waals surface area contributed by atoms with E-state index in [-0.39, 0.29) is 11.6 Å². The van der Waals surface area contributed by atoms with Gasteiger partial charge in [0.15, 0.2) is 0 Å².